The predicted octanol–water partition coefficient (Wildman–Crippen LogP) is 5.79. The van der Waals surface area contributed by atoms with E-state index in [0.29, 0.717) is 38.8 Å². The van der Waals surface area contributed by atoms with Crippen LogP contribution in [0.15, 0.2) is 44.8 Å². The topological polar surface area (TPSA) is 116 Å². The van der Waals surface area contributed by atoms with Crippen LogP contribution < -0.4 is 5.32 Å². The SMILES string of the molecule is CC(C)(C)OC(=O)NCCSc1noc2ncc(Cl)cc12.Cl.Clc1cnc2oncc2c1. The molecule has 0 fully saturated rings. The van der Waals surface area contributed by atoms with Gasteiger partial charge < -0.3 is 19.1 Å². The van der Waals surface area contributed by atoms with E-state index < -0.39 is 11.7 Å². The van der Waals surface area contributed by atoms with Gasteiger partial charge in [-0.2, -0.15) is 0 Å². The third-order valence-electron chi connectivity index (χ3n) is 3.45. The Hall–Kier alpha value is -2.27. The zero-order valence-electron chi connectivity index (χ0n) is 17.3. The molecule has 32 heavy (non-hydrogen) atoms. The minimum absolute atomic E-state index is 0. The summed E-state index contributed by atoms with van der Waals surface area (Å²) in [5, 5.41) is 13.6. The van der Waals surface area contributed by atoms with Gasteiger partial charge in [-0.1, -0.05) is 33.5 Å². The highest BCUT2D eigenvalue weighted by atomic mass is 35.5. The molecule has 9 nitrogen and oxygen atoms in total. The molecule has 1 amide bonds. The molecule has 0 saturated heterocycles. The van der Waals surface area contributed by atoms with E-state index in [2.05, 4.69) is 25.6 Å². The van der Waals surface area contributed by atoms with Gasteiger partial charge in [0.05, 0.1) is 27.0 Å². The fourth-order valence-corrected chi connectivity index (χ4v) is 3.36. The predicted molar refractivity (Wildman–Crippen MR) is 126 cm³/mol. The summed E-state index contributed by atoms with van der Waals surface area (Å²) in [6.45, 7) is 5.92. The third kappa shape index (κ3) is 7.70. The summed E-state index contributed by atoms with van der Waals surface area (Å²) in [5.74, 6) is 0.632. The number of ether oxygens (including phenoxy) is 1. The lowest BCUT2D eigenvalue weighted by molar-refractivity contribution is 0.0531. The molecule has 0 unspecified atom stereocenters. The second-order valence-electron chi connectivity index (χ2n) is 7.14. The normalized spacial score (nSPS) is 10.9. The summed E-state index contributed by atoms with van der Waals surface area (Å²) in [6, 6.07) is 3.50. The largest absolute Gasteiger partial charge is 0.444 e. The number of thioether (sulfide) groups is 1. The highest BCUT2D eigenvalue weighted by Crippen LogP contribution is 2.27. The number of hydrogen-bond donors (Lipinski definition) is 1. The van der Waals surface area contributed by atoms with Gasteiger partial charge in [0.2, 0.25) is 0 Å². The Morgan fingerprint density at radius 2 is 1.78 bits per heavy atom. The number of aromatic nitrogens is 4. The first-order valence-corrected chi connectivity index (χ1v) is 10.8. The van der Waals surface area contributed by atoms with Gasteiger partial charge in [0.1, 0.15) is 10.6 Å². The van der Waals surface area contributed by atoms with Crippen LogP contribution in [0.3, 0.4) is 0 Å². The van der Waals surface area contributed by atoms with Crippen LogP contribution >= 0.6 is 47.4 Å². The zero-order valence-corrected chi connectivity index (χ0v) is 20.4. The summed E-state index contributed by atoms with van der Waals surface area (Å²) in [7, 11) is 0. The molecular weight excluding hydrogens is 501 g/mol. The molecule has 0 radical (unpaired) electrons. The Balaban J connectivity index is 0.000000275. The quantitative estimate of drug-likeness (QED) is 0.263. The first-order chi connectivity index (χ1) is 14.7. The Bertz CT molecular complexity index is 1180. The van der Waals surface area contributed by atoms with E-state index in [0.717, 1.165) is 10.8 Å². The van der Waals surface area contributed by atoms with Crippen molar-refractivity contribution in [2.75, 3.05) is 12.3 Å². The van der Waals surface area contributed by atoms with E-state index >= 15 is 0 Å². The van der Waals surface area contributed by atoms with Crippen molar-refractivity contribution >= 4 is 75.7 Å². The molecule has 1 N–H and O–H groups in total. The molecule has 4 aromatic heterocycles. The number of nitrogens with one attached hydrogen (secondary N) is 1. The highest BCUT2D eigenvalue weighted by molar-refractivity contribution is 7.99. The minimum atomic E-state index is -0.498. The van der Waals surface area contributed by atoms with Crippen molar-refractivity contribution in [2.24, 2.45) is 0 Å². The second kappa shape index (κ2) is 11.6. The van der Waals surface area contributed by atoms with Gasteiger partial charge >= 0.3 is 6.09 Å². The fourth-order valence-electron chi connectivity index (χ4n) is 2.25. The van der Waals surface area contributed by atoms with E-state index in [4.69, 9.17) is 37.0 Å². The number of halogens is 3. The lowest BCUT2D eigenvalue weighted by atomic mass is 10.2. The molecule has 0 bridgehead atoms. The molecule has 0 aliphatic heterocycles. The summed E-state index contributed by atoms with van der Waals surface area (Å²) >= 11 is 13.0. The number of rotatable bonds is 4. The Labute approximate surface area is 203 Å². The zero-order chi connectivity index (χ0) is 22.4. The third-order valence-corrected chi connectivity index (χ3v) is 4.84. The molecule has 0 saturated carbocycles. The van der Waals surface area contributed by atoms with Gasteiger partial charge in [-0.05, 0) is 32.9 Å². The molecule has 172 valence electrons. The smallest absolute Gasteiger partial charge is 0.407 e. The van der Waals surface area contributed by atoms with Crippen LogP contribution in [0.25, 0.3) is 22.2 Å². The Morgan fingerprint density at radius 1 is 1.09 bits per heavy atom. The molecule has 0 aliphatic rings. The number of alkyl carbamates (subject to hydrolysis) is 1. The van der Waals surface area contributed by atoms with Crippen LogP contribution in [0.5, 0.6) is 0 Å². The Kier molecular flexibility index (Phi) is 9.38. The first-order valence-electron chi connectivity index (χ1n) is 9.08. The van der Waals surface area contributed by atoms with Crippen molar-refractivity contribution < 1.29 is 18.6 Å². The Morgan fingerprint density at radius 3 is 2.50 bits per heavy atom. The molecular formula is C19H20Cl3N5O4S. The molecule has 0 atom stereocenters. The minimum Gasteiger partial charge on any atom is -0.444 e. The average molecular weight is 521 g/mol. The molecule has 4 rings (SSSR count). The van der Waals surface area contributed by atoms with Crippen LogP contribution in [0, 0.1) is 0 Å². The van der Waals surface area contributed by atoms with Gasteiger partial charge in [-0.15, -0.1) is 24.2 Å². The highest BCUT2D eigenvalue weighted by Gasteiger charge is 2.16. The van der Waals surface area contributed by atoms with E-state index in [-0.39, 0.29) is 12.4 Å². The number of hydrogen-bond acceptors (Lipinski definition) is 9. The van der Waals surface area contributed by atoms with E-state index in [1.54, 1.807) is 18.3 Å². The van der Waals surface area contributed by atoms with Gasteiger partial charge in [0, 0.05) is 24.7 Å². The maximum atomic E-state index is 11.5. The first kappa shape index (κ1) is 26.0. The van der Waals surface area contributed by atoms with Crippen molar-refractivity contribution in [1.82, 2.24) is 25.6 Å². The van der Waals surface area contributed by atoms with Crippen LogP contribution in [0.4, 0.5) is 4.79 Å². The molecule has 0 aromatic carbocycles. The van der Waals surface area contributed by atoms with Gasteiger partial charge in [-0.3, -0.25) is 0 Å². The van der Waals surface area contributed by atoms with E-state index in [1.165, 1.54) is 24.2 Å². The average Bonchev–Trinajstić information content (AvgIpc) is 3.30. The summed E-state index contributed by atoms with van der Waals surface area (Å²) < 4.78 is 15.0. The van der Waals surface area contributed by atoms with Crippen molar-refractivity contribution in [2.45, 2.75) is 31.4 Å². The molecule has 4 heterocycles. The van der Waals surface area contributed by atoms with E-state index in [1.807, 2.05) is 20.8 Å². The number of amides is 1. The molecule has 0 spiro atoms. The van der Waals surface area contributed by atoms with Crippen molar-refractivity contribution in [1.29, 1.82) is 0 Å². The van der Waals surface area contributed by atoms with Crippen LogP contribution in [0.2, 0.25) is 10.0 Å². The lowest BCUT2D eigenvalue weighted by Gasteiger charge is -2.19. The number of fused-ring (bicyclic) bond motifs is 2. The fraction of sp³-hybridized carbons (Fsp3) is 0.316. The van der Waals surface area contributed by atoms with Crippen molar-refractivity contribution in [3.63, 3.8) is 0 Å². The van der Waals surface area contributed by atoms with Gasteiger partial charge in [0.15, 0.2) is 0 Å². The van der Waals surface area contributed by atoms with Crippen molar-refractivity contribution in [3.05, 3.63) is 40.8 Å². The lowest BCUT2D eigenvalue weighted by Crippen LogP contribution is -2.33. The summed E-state index contributed by atoms with van der Waals surface area (Å²) in [5.41, 5.74) is 0.466. The molecule has 13 heteroatoms. The number of nitrogens with zero attached hydrogens (tertiary/aromatic N) is 4. The van der Waals surface area contributed by atoms with Gasteiger partial charge in [0.25, 0.3) is 11.4 Å². The summed E-state index contributed by atoms with van der Waals surface area (Å²) in [4.78, 5) is 19.4. The monoisotopic (exact) mass is 519 g/mol. The van der Waals surface area contributed by atoms with Gasteiger partial charge in [-0.25, -0.2) is 14.8 Å². The van der Waals surface area contributed by atoms with E-state index in [9.17, 15) is 4.79 Å². The van der Waals surface area contributed by atoms with Crippen LogP contribution in [-0.2, 0) is 4.74 Å². The summed E-state index contributed by atoms with van der Waals surface area (Å²) in [6.07, 6.45) is 4.18. The molecule has 4 aromatic rings. The molecule has 0 aliphatic carbocycles. The standard InChI is InChI=1S/C13H16ClN3O3S.C6H3ClN2O.ClH/c1-13(2,3)19-12(18)15-4-5-21-11-9-6-8(14)7-16-10(9)20-17-11;7-5-1-4-2-9-10-6(4)8-3-5;/h6-7H,4-5H2,1-3H3,(H,15,18);1-3H;1H. The maximum absolute atomic E-state index is 11.5. The second-order valence-corrected chi connectivity index (χ2v) is 9.10. The van der Waals surface area contributed by atoms with Crippen LogP contribution in [-0.4, -0.2) is 44.3 Å². The number of carbonyl (C=O) groups excluding carboxylic acids is 1. The van der Waals surface area contributed by atoms with Crippen LogP contribution in [0.1, 0.15) is 20.8 Å². The maximum Gasteiger partial charge on any atom is 0.407 e. The van der Waals surface area contributed by atoms with Crippen molar-refractivity contribution in [3.8, 4) is 0 Å². The number of pyridine rings is 2. The number of carbonyl (C=O) groups is 1.